The second-order valence-corrected chi connectivity index (χ2v) is 18.0. The third kappa shape index (κ3) is 6.26. The molecule has 71 heavy (non-hydrogen) atoms. The Hall–Kier alpha value is -9.59. The molecule has 7 heteroatoms. The summed E-state index contributed by atoms with van der Waals surface area (Å²) in [6, 6.07) is 84.0. The van der Waals surface area contributed by atoms with Crippen molar-refractivity contribution in [3.05, 3.63) is 242 Å². The molecule has 0 saturated carbocycles. The lowest BCUT2D eigenvalue weighted by atomic mass is 10.0. The molecule has 0 aliphatic heterocycles. The Morgan fingerprint density at radius 2 is 0.690 bits per heavy atom. The van der Waals surface area contributed by atoms with E-state index in [-0.39, 0.29) is 0 Å². The number of hydrogen-bond acceptors (Lipinski definition) is 1. The van der Waals surface area contributed by atoms with E-state index in [0.717, 1.165) is 99.0 Å². The van der Waals surface area contributed by atoms with E-state index in [9.17, 15) is 0 Å². The summed E-state index contributed by atoms with van der Waals surface area (Å²) in [6.45, 7) is 4.67. The van der Waals surface area contributed by atoms with Gasteiger partial charge in [0.05, 0.1) is 50.7 Å². The largest absolute Gasteiger partial charge is 0.307 e. The predicted molar refractivity (Wildman–Crippen MR) is 298 cm³/mol. The fourth-order valence-corrected chi connectivity index (χ4v) is 11.1. The van der Waals surface area contributed by atoms with Crippen LogP contribution < -0.4 is 0 Å². The molecule has 0 fully saturated rings. The number of hydrogen-bond donors (Lipinski definition) is 0. The maximum Gasteiger partial charge on any atom is 0.237 e. The minimum atomic E-state index is 0.365. The summed E-state index contributed by atoms with van der Waals surface area (Å²) in [5.41, 5.74) is 13.8. The summed E-state index contributed by atoms with van der Waals surface area (Å²) >= 11 is 0. The molecule has 0 N–H and O–H groups in total. The summed E-state index contributed by atoms with van der Waals surface area (Å²) in [4.78, 5) is 16.3. The first-order chi connectivity index (χ1) is 35.2. The average molecular weight is 910 g/mol. The van der Waals surface area contributed by atoms with Crippen LogP contribution in [-0.4, -0.2) is 36.9 Å². The smallest absolute Gasteiger partial charge is 0.237 e. The number of para-hydroxylation sites is 6. The van der Waals surface area contributed by atoms with Gasteiger partial charge in [-0.15, -0.1) is 0 Å². The Balaban J connectivity index is 1.10. The maximum atomic E-state index is 5.73. The summed E-state index contributed by atoms with van der Waals surface area (Å²) in [5.74, 6) is 0.901. The number of benzene rings is 10. The number of aliphatic imine (C=N–C) groups is 3. The molecular formula is C64H43N7. The highest BCUT2D eigenvalue weighted by Crippen LogP contribution is 2.43. The van der Waals surface area contributed by atoms with Gasteiger partial charge in [-0.25, -0.2) is 9.98 Å². The van der Waals surface area contributed by atoms with Crippen LogP contribution in [0.25, 0.3) is 110 Å². The first-order valence-electron chi connectivity index (χ1n) is 24.0. The normalized spacial score (nSPS) is 12.5. The van der Waals surface area contributed by atoms with Gasteiger partial charge >= 0.3 is 0 Å². The predicted octanol–water partition coefficient (Wildman–Crippen LogP) is 15.8. The van der Waals surface area contributed by atoms with Gasteiger partial charge in [-0.05, 0) is 71.9 Å². The SMILES string of the molecule is C=N/C(=N\C(=NCc1ccc(-c2ccccc2)cc1)n1c2ccccc2c2ccc3c4ccccc4n(-c4ccccc4)c3c21)n1c2ccccc2c2ccc3c4ccccc4n(-c4ccccc4)c3c21. The summed E-state index contributed by atoms with van der Waals surface area (Å²) in [7, 11) is 0. The Morgan fingerprint density at radius 3 is 1.15 bits per heavy atom. The zero-order valence-corrected chi connectivity index (χ0v) is 38.6. The molecule has 0 unspecified atom stereocenters. The van der Waals surface area contributed by atoms with E-state index < -0.39 is 0 Å². The minimum Gasteiger partial charge on any atom is -0.307 e. The van der Waals surface area contributed by atoms with Gasteiger partial charge in [0.2, 0.25) is 11.9 Å². The molecule has 0 amide bonds. The fourth-order valence-electron chi connectivity index (χ4n) is 11.1. The first-order valence-corrected chi connectivity index (χ1v) is 24.0. The van der Waals surface area contributed by atoms with Crippen LogP contribution in [0, 0.1) is 0 Å². The van der Waals surface area contributed by atoms with Gasteiger partial charge < -0.3 is 9.13 Å². The highest BCUT2D eigenvalue weighted by Gasteiger charge is 2.26. The van der Waals surface area contributed by atoms with Crippen molar-refractivity contribution < 1.29 is 0 Å². The van der Waals surface area contributed by atoms with Crippen LogP contribution in [-0.2, 0) is 6.54 Å². The summed E-state index contributed by atoms with van der Waals surface area (Å²) in [6.07, 6.45) is 0. The van der Waals surface area contributed by atoms with Crippen molar-refractivity contribution >= 4 is 106 Å². The molecule has 0 aliphatic carbocycles. The molecule has 14 rings (SSSR count). The van der Waals surface area contributed by atoms with Gasteiger partial charge in [0.15, 0.2) is 0 Å². The van der Waals surface area contributed by atoms with Gasteiger partial charge in [0.1, 0.15) is 0 Å². The molecule has 7 nitrogen and oxygen atoms in total. The van der Waals surface area contributed by atoms with Gasteiger partial charge in [0, 0.05) is 54.5 Å². The van der Waals surface area contributed by atoms with Crippen LogP contribution in [0.1, 0.15) is 5.56 Å². The van der Waals surface area contributed by atoms with Crippen LogP contribution in [0.2, 0.25) is 0 Å². The first kappa shape index (κ1) is 40.5. The molecule has 4 aromatic heterocycles. The third-order valence-electron chi connectivity index (χ3n) is 14.2. The summed E-state index contributed by atoms with van der Waals surface area (Å²) < 4.78 is 9.24. The molecule has 0 radical (unpaired) electrons. The second-order valence-electron chi connectivity index (χ2n) is 18.0. The molecule has 0 aliphatic rings. The molecule has 0 saturated heterocycles. The van der Waals surface area contributed by atoms with Crippen molar-refractivity contribution in [1.82, 2.24) is 18.3 Å². The van der Waals surface area contributed by atoms with Gasteiger partial charge in [-0.1, -0.05) is 188 Å². The quantitative estimate of drug-likeness (QED) is 0.122. The monoisotopic (exact) mass is 909 g/mol. The lowest BCUT2D eigenvalue weighted by Crippen LogP contribution is -2.17. The van der Waals surface area contributed by atoms with Gasteiger partial charge in [-0.3, -0.25) is 9.13 Å². The lowest BCUT2D eigenvalue weighted by molar-refractivity contribution is 1.03. The van der Waals surface area contributed by atoms with Gasteiger partial charge in [-0.2, -0.15) is 4.99 Å². The topological polar surface area (TPSA) is 56.8 Å². The Kier molecular flexibility index (Phi) is 9.29. The molecule has 10 aromatic carbocycles. The van der Waals surface area contributed by atoms with Crippen molar-refractivity contribution in [3.8, 4) is 22.5 Å². The zero-order valence-electron chi connectivity index (χ0n) is 38.6. The molecule has 334 valence electrons. The van der Waals surface area contributed by atoms with Crippen molar-refractivity contribution in [2.45, 2.75) is 6.54 Å². The van der Waals surface area contributed by atoms with Crippen molar-refractivity contribution in [2.75, 3.05) is 0 Å². The van der Waals surface area contributed by atoms with E-state index in [1.165, 1.54) is 16.3 Å². The Bertz CT molecular complexity index is 4470. The maximum absolute atomic E-state index is 5.73. The second kappa shape index (κ2) is 16.3. The van der Waals surface area contributed by atoms with E-state index in [4.69, 9.17) is 15.0 Å². The minimum absolute atomic E-state index is 0.365. The number of nitrogens with zero attached hydrogens (tertiary/aromatic N) is 7. The standard InChI is InChI=1S/C64H43N7/c1-65-63(70-57-31-17-13-27-49(57)53-39-37-51-47-25-11-15-29-55(47)68(59(51)61(53)70)45-21-7-3-8-22-45)67-64(66-41-42-33-35-44(36-34-42)43-19-5-2-6-20-43)71-58-32-18-14-28-50(58)54-40-38-52-48-26-12-16-30-56(48)69(60(52)62(54)71)46-23-9-4-10-24-46/h2-40H,1,41H2/b66-64?,67-63+. The van der Waals surface area contributed by atoms with Gasteiger partial charge in [0.25, 0.3) is 0 Å². The van der Waals surface area contributed by atoms with Crippen LogP contribution in [0.15, 0.2) is 252 Å². The van der Waals surface area contributed by atoms with Crippen LogP contribution in [0.4, 0.5) is 0 Å². The van der Waals surface area contributed by atoms with E-state index in [1.807, 2.05) is 6.07 Å². The highest BCUT2D eigenvalue weighted by molar-refractivity contribution is 6.28. The van der Waals surface area contributed by atoms with Crippen molar-refractivity contribution in [3.63, 3.8) is 0 Å². The molecule has 0 atom stereocenters. The van der Waals surface area contributed by atoms with Crippen LogP contribution in [0.5, 0.6) is 0 Å². The van der Waals surface area contributed by atoms with Crippen LogP contribution >= 0.6 is 0 Å². The third-order valence-corrected chi connectivity index (χ3v) is 14.2. The molecular weight excluding hydrogens is 867 g/mol. The summed E-state index contributed by atoms with van der Waals surface area (Å²) in [5, 5.41) is 8.99. The Labute approximate surface area is 408 Å². The van der Waals surface area contributed by atoms with Crippen molar-refractivity contribution in [1.29, 1.82) is 0 Å². The highest BCUT2D eigenvalue weighted by atomic mass is 15.3. The zero-order chi connectivity index (χ0) is 47.0. The van der Waals surface area contributed by atoms with E-state index in [2.05, 4.69) is 256 Å². The Morgan fingerprint density at radius 1 is 0.324 bits per heavy atom. The van der Waals surface area contributed by atoms with E-state index in [1.54, 1.807) is 0 Å². The number of rotatable bonds is 5. The number of aromatic nitrogens is 4. The fraction of sp³-hybridized carbons (Fsp3) is 0.0156. The number of fused-ring (bicyclic) bond motifs is 14. The molecule has 0 spiro atoms. The van der Waals surface area contributed by atoms with E-state index >= 15 is 0 Å². The van der Waals surface area contributed by atoms with Crippen LogP contribution in [0.3, 0.4) is 0 Å². The average Bonchev–Trinajstić information content (AvgIpc) is 4.17. The van der Waals surface area contributed by atoms with E-state index in [0.29, 0.717) is 18.5 Å². The molecule has 14 aromatic rings. The van der Waals surface area contributed by atoms with Crippen molar-refractivity contribution in [2.24, 2.45) is 15.0 Å². The molecule has 0 bridgehead atoms. The lowest BCUT2D eigenvalue weighted by Gasteiger charge is -2.14. The molecule has 4 heterocycles.